The lowest BCUT2D eigenvalue weighted by atomic mass is 10.0. The molecular formula is C16H11NO4. The highest BCUT2D eigenvalue weighted by Crippen LogP contribution is 2.38. The van der Waals surface area contributed by atoms with Crippen molar-refractivity contribution in [3.63, 3.8) is 0 Å². The van der Waals surface area contributed by atoms with Crippen molar-refractivity contribution < 1.29 is 19.1 Å². The molecule has 1 aromatic heterocycles. The Morgan fingerprint density at radius 3 is 2.90 bits per heavy atom. The minimum atomic E-state index is -1.01. The number of aromatic nitrogens is 1. The fourth-order valence-electron chi connectivity index (χ4n) is 2.65. The first-order valence-corrected chi connectivity index (χ1v) is 6.58. The summed E-state index contributed by atoms with van der Waals surface area (Å²) in [6.45, 7) is 0.453. The molecule has 0 radical (unpaired) electrons. The van der Waals surface area contributed by atoms with E-state index in [4.69, 9.17) is 9.15 Å². The van der Waals surface area contributed by atoms with Crippen molar-refractivity contribution in [3.8, 4) is 5.75 Å². The number of hydrogen-bond acceptors (Lipinski definition) is 4. The average molecular weight is 281 g/mol. The smallest absolute Gasteiger partial charge is 0.338 e. The molecule has 3 aromatic rings. The zero-order valence-corrected chi connectivity index (χ0v) is 10.9. The summed E-state index contributed by atoms with van der Waals surface area (Å²) in [5.74, 6) is 0.200. The Morgan fingerprint density at radius 1 is 1.19 bits per heavy atom. The number of para-hydroxylation sites is 2. The van der Waals surface area contributed by atoms with Gasteiger partial charge in [0.05, 0.1) is 11.5 Å². The van der Waals surface area contributed by atoms with Crippen molar-refractivity contribution in [1.29, 1.82) is 0 Å². The number of oxazole rings is 1. The molecule has 1 N–H and O–H groups in total. The van der Waals surface area contributed by atoms with Gasteiger partial charge in [0.15, 0.2) is 5.58 Å². The normalized spacial score (nSPS) is 16.7. The standard InChI is InChI=1S/C16H11NO4/c18-16(19)10-5-3-7-13-14(10)17-15(21-13)11-8-20-12-6-2-1-4-9(11)12/h1-7,11H,8H2,(H,18,19). The van der Waals surface area contributed by atoms with E-state index in [0.29, 0.717) is 23.6 Å². The number of ether oxygens (including phenoxy) is 1. The zero-order valence-electron chi connectivity index (χ0n) is 10.9. The van der Waals surface area contributed by atoms with Crippen LogP contribution < -0.4 is 4.74 Å². The van der Waals surface area contributed by atoms with Gasteiger partial charge in [0.2, 0.25) is 5.89 Å². The van der Waals surface area contributed by atoms with Gasteiger partial charge in [-0.25, -0.2) is 9.78 Å². The third kappa shape index (κ3) is 1.78. The number of carbonyl (C=O) groups is 1. The Balaban J connectivity index is 1.86. The fourth-order valence-corrected chi connectivity index (χ4v) is 2.65. The number of carboxylic acid groups (broad SMARTS) is 1. The second-order valence-corrected chi connectivity index (χ2v) is 4.91. The van der Waals surface area contributed by atoms with Crippen molar-refractivity contribution >= 4 is 17.1 Å². The molecule has 0 saturated heterocycles. The van der Waals surface area contributed by atoms with E-state index in [0.717, 1.165) is 11.3 Å². The molecular weight excluding hydrogens is 270 g/mol. The zero-order chi connectivity index (χ0) is 14.4. The van der Waals surface area contributed by atoms with E-state index in [1.54, 1.807) is 12.1 Å². The summed E-state index contributed by atoms with van der Waals surface area (Å²) in [7, 11) is 0. The number of fused-ring (bicyclic) bond motifs is 2. The first kappa shape index (κ1) is 12.0. The molecule has 5 heteroatoms. The molecule has 0 aliphatic carbocycles. The van der Waals surface area contributed by atoms with Crippen LogP contribution in [-0.2, 0) is 0 Å². The van der Waals surface area contributed by atoms with Gasteiger partial charge in [0.25, 0.3) is 0 Å². The van der Waals surface area contributed by atoms with Crippen molar-refractivity contribution in [2.24, 2.45) is 0 Å². The van der Waals surface area contributed by atoms with Crippen LogP contribution in [0.3, 0.4) is 0 Å². The second-order valence-electron chi connectivity index (χ2n) is 4.91. The van der Waals surface area contributed by atoms with E-state index < -0.39 is 5.97 Å². The highest BCUT2D eigenvalue weighted by atomic mass is 16.5. The number of nitrogens with zero attached hydrogens (tertiary/aromatic N) is 1. The largest absolute Gasteiger partial charge is 0.492 e. The molecule has 0 amide bonds. The van der Waals surface area contributed by atoms with Gasteiger partial charge in [-0.1, -0.05) is 24.3 Å². The van der Waals surface area contributed by atoms with Gasteiger partial charge in [-0.15, -0.1) is 0 Å². The summed E-state index contributed by atoms with van der Waals surface area (Å²) in [5, 5.41) is 9.21. The molecule has 2 heterocycles. The molecule has 4 rings (SSSR count). The van der Waals surface area contributed by atoms with E-state index in [2.05, 4.69) is 4.98 Å². The summed E-state index contributed by atoms with van der Waals surface area (Å²) in [4.78, 5) is 15.6. The quantitative estimate of drug-likeness (QED) is 0.781. The molecule has 2 aromatic carbocycles. The lowest BCUT2D eigenvalue weighted by Crippen LogP contribution is -2.03. The number of rotatable bonds is 2. The van der Waals surface area contributed by atoms with Crippen LogP contribution >= 0.6 is 0 Å². The minimum absolute atomic E-state index is 0.102. The molecule has 0 fully saturated rings. The monoisotopic (exact) mass is 281 g/mol. The number of carboxylic acids is 1. The molecule has 5 nitrogen and oxygen atoms in total. The molecule has 1 atom stereocenters. The van der Waals surface area contributed by atoms with Gasteiger partial charge in [0.1, 0.15) is 17.9 Å². The molecule has 104 valence electrons. The summed E-state index contributed by atoms with van der Waals surface area (Å²) in [5.41, 5.74) is 2.02. The Hall–Kier alpha value is -2.82. The van der Waals surface area contributed by atoms with Crippen LogP contribution in [0, 0.1) is 0 Å². The maximum atomic E-state index is 11.2. The molecule has 0 saturated carbocycles. The van der Waals surface area contributed by atoms with Crippen molar-refractivity contribution in [2.45, 2.75) is 5.92 Å². The lowest BCUT2D eigenvalue weighted by Gasteiger charge is -2.02. The first-order valence-electron chi connectivity index (χ1n) is 6.58. The third-order valence-corrected chi connectivity index (χ3v) is 3.66. The molecule has 21 heavy (non-hydrogen) atoms. The van der Waals surface area contributed by atoms with Crippen LogP contribution in [0.5, 0.6) is 5.75 Å². The third-order valence-electron chi connectivity index (χ3n) is 3.66. The highest BCUT2D eigenvalue weighted by Gasteiger charge is 2.30. The Bertz CT molecular complexity index is 852. The summed E-state index contributed by atoms with van der Waals surface area (Å²) >= 11 is 0. The predicted octanol–water partition coefficient (Wildman–Crippen LogP) is 3.05. The van der Waals surface area contributed by atoms with Crippen molar-refractivity contribution in [2.75, 3.05) is 6.61 Å². The van der Waals surface area contributed by atoms with Gasteiger partial charge in [-0.05, 0) is 18.2 Å². The number of benzene rings is 2. The van der Waals surface area contributed by atoms with E-state index in [1.807, 2.05) is 24.3 Å². The number of aromatic carboxylic acids is 1. The van der Waals surface area contributed by atoms with E-state index >= 15 is 0 Å². The Kier molecular flexibility index (Phi) is 2.47. The van der Waals surface area contributed by atoms with Gasteiger partial charge in [-0.2, -0.15) is 0 Å². The first-order chi connectivity index (χ1) is 10.2. The maximum Gasteiger partial charge on any atom is 0.338 e. The minimum Gasteiger partial charge on any atom is -0.492 e. The van der Waals surface area contributed by atoms with Gasteiger partial charge < -0.3 is 14.3 Å². The average Bonchev–Trinajstić information content (AvgIpc) is 3.09. The van der Waals surface area contributed by atoms with Crippen molar-refractivity contribution in [3.05, 3.63) is 59.5 Å². The van der Waals surface area contributed by atoms with Crippen LogP contribution in [0.25, 0.3) is 11.1 Å². The molecule has 1 aliphatic heterocycles. The van der Waals surface area contributed by atoms with Crippen LogP contribution in [0.2, 0.25) is 0 Å². The summed E-state index contributed by atoms with van der Waals surface area (Å²) < 4.78 is 11.4. The maximum absolute atomic E-state index is 11.2. The van der Waals surface area contributed by atoms with Gasteiger partial charge in [0, 0.05) is 5.56 Å². The SMILES string of the molecule is O=C(O)c1cccc2oc(C3COc4ccccc43)nc12. The van der Waals surface area contributed by atoms with Crippen LogP contribution in [0.4, 0.5) is 0 Å². The lowest BCUT2D eigenvalue weighted by molar-refractivity contribution is 0.0699. The predicted molar refractivity (Wildman–Crippen MR) is 74.7 cm³/mol. The van der Waals surface area contributed by atoms with Crippen LogP contribution in [-0.4, -0.2) is 22.7 Å². The Labute approximate surface area is 119 Å². The highest BCUT2D eigenvalue weighted by molar-refractivity contribution is 6.00. The van der Waals surface area contributed by atoms with E-state index in [9.17, 15) is 9.90 Å². The molecule has 1 aliphatic rings. The van der Waals surface area contributed by atoms with Gasteiger partial charge in [-0.3, -0.25) is 0 Å². The topological polar surface area (TPSA) is 72.6 Å². The second kappa shape index (κ2) is 4.34. The van der Waals surface area contributed by atoms with Crippen LogP contribution in [0.1, 0.15) is 27.7 Å². The molecule has 1 unspecified atom stereocenters. The molecule has 0 bridgehead atoms. The van der Waals surface area contributed by atoms with Crippen LogP contribution in [0.15, 0.2) is 46.9 Å². The van der Waals surface area contributed by atoms with E-state index in [-0.39, 0.29) is 11.5 Å². The van der Waals surface area contributed by atoms with Gasteiger partial charge >= 0.3 is 5.97 Å². The summed E-state index contributed by atoms with van der Waals surface area (Å²) in [6, 6.07) is 12.6. The summed E-state index contributed by atoms with van der Waals surface area (Å²) in [6.07, 6.45) is 0. The van der Waals surface area contributed by atoms with E-state index in [1.165, 1.54) is 6.07 Å². The fraction of sp³-hybridized carbons (Fsp3) is 0.125. The number of hydrogen-bond donors (Lipinski definition) is 1. The molecule has 0 spiro atoms. The van der Waals surface area contributed by atoms with Crippen molar-refractivity contribution in [1.82, 2.24) is 4.98 Å². The Morgan fingerprint density at radius 2 is 2.05 bits per heavy atom.